The van der Waals surface area contributed by atoms with E-state index in [1.165, 1.54) is 6.42 Å². The lowest BCUT2D eigenvalue weighted by Gasteiger charge is -2.27. The van der Waals surface area contributed by atoms with E-state index in [2.05, 4.69) is 0 Å². The van der Waals surface area contributed by atoms with E-state index in [9.17, 15) is 9.59 Å². The van der Waals surface area contributed by atoms with Gasteiger partial charge in [0.1, 0.15) is 6.54 Å². The van der Waals surface area contributed by atoms with Crippen LogP contribution in [0.4, 0.5) is 0 Å². The van der Waals surface area contributed by atoms with Crippen LogP contribution in [0.3, 0.4) is 0 Å². The molecule has 2 heterocycles. The summed E-state index contributed by atoms with van der Waals surface area (Å²) in [6.45, 7) is 1.99. The van der Waals surface area contributed by atoms with E-state index in [1.807, 2.05) is 4.90 Å². The van der Waals surface area contributed by atoms with Crippen molar-refractivity contribution >= 4 is 12.2 Å². The molecule has 1 saturated heterocycles. The zero-order chi connectivity index (χ0) is 11.4. The van der Waals surface area contributed by atoms with Crippen LogP contribution in [0.2, 0.25) is 0 Å². The van der Waals surface area contributed by atoms with Crippen LogP contribution >= 0.6 is 0 Å². The minimum Gasteiger partial charge on any atom is -0.341 e. The SMILES string of the molecule is O=Cc1cccn1CC(=O)N1CCCCC1. The van der Waals surface area contributed by atoms with Crippen LogP contribution in [0.1, 0.15) is 29.8 Å². The molecule has 0 aromatic carbocycles. The van der Waals surface area contributed by atoms with Crippen LogP contribution in [0.15, 0.2) is 18.3 Å². The largest absolute Gasteiger partial charge is 0.341 e. The van der Waals surface area contributed by atoms with Crippen molar-refractivity contribution in [3.63, 3.8) is 0 Å². The van der Waals surface area contributed by atoms with Gasteiger partial charge in [0.05, 0.1) is 5.69 Å². The van der Waals surface area contributed by atoms with Crippen LogP contribution in [0, 0.1) is 0 Å². The summed E-state index contributed by atoms with van der Waals surface area (Å²) < 4.78 is 1.70. The van der Waals surface area contributed by atoms with Crippen LogP contribution in [0.5, 0.6) is 0 Å². The molecule has 0 atom stereocenters. The minimum atomic E-state index is 0.110. The fourth-order valence-corrected chi connectivity index (χ4v) is 2.07. The average molecular weight is 220 g/mol. The summed E-state index contributed by atoms with van der Waals surface area (Å²) >= 11 is 0. The van der Waals surface area contributed by atoms with E-state index in [0.29, 0.717) is 5.69 Å². The fraction of sp³-hybridized carbons (Fsp3) is 0.500. The maximum absolute atomic E-state index is 11.9. The van der Waals surface area contributed by atoms with Crippen LogP contribution in [0.25, 0.3) is 0 Å². The highest BCUT2D eigenvalue weighted by molar-refractivity contribution is 5.78. The van der Waals surface area contributed by atoms with E-state index in [-0.39, 0.29) is 12.5 Å². The summed E-state index contributed by atoms with van der Waals surface area (Å²) in [6, 6.07) is 3.50. The van der Waals surface area contributed by atoms with Crippen molar-refractivity contribution in [3.05, 3.63) is 24.0 Å². The number of aromatic nitrogens is 1. The van der Waals surface area contributed by atoms with E-state index < -0.39 is 0 Å². The summed E-state index contributed by atoms with van der Waals surface area (Å²) in [5.74, 6) is 0.110. The van der Waals surface area contributed by atoms with Gasteiger partial charge < -0.3 is 9.47 Å². The number of hydrogen-bond acceptors (Lipinski definition) is 2. The standard InChI is InChI=1S/C12H16N2O2/c15-10-11-5-4-8-14(11)9-12(16)13-6-2-1-3-7-13/h4-5,8,10H,1-3,6-7,9H2. The molecule has 1 aliphatic rings. The summed E-state index contributed by atoms with van der Waals surface area (Å²) in [6.07, 6.45) is 5.96. The Kier molecular flexibility index (Phi) is 3.39. The van der Waals surface area contributed by atoms with Crippen LogP contribution < -0.4 is 0 Å². The summed E-state index contributed by atoms with van der Waals surface area (Å²) in [7, 11) is 0. The van der Waals surface area contributed by atoms with Crippen molar-refractivity contribution in [1.29, 1.82) is 0 Å². The number of carbonyl (C=O) groups excluding carboxylic acids is 2. The van der Waals surface area contributed by atoms with Crippen molar-refractivity contribution in [2.75, 3.05) is 13.1 Å². The van der Waals surface area contributed by atoms with Gasteiger partial charge in [0.2, 0.25) is 5.91 Å². The third-order valence-corrected chi connectivity index (χ3v) is 3.00. The van der Waals surface area contributed by atoms with Gasteiger partial charge in [-0.15, -0.1) is 0 Å². The molecule has 16 heavy (non-hydrogen) atoms. The minimum absolute atomic E-state index is 0.110. The number of likely N-dealkylation sites (tertiary alicyclic amines) is 1. The van der Waals surface area contributed by atoms with Crippen molar-refractivity contribution in [3.8, 4) is 0 Å². The second-order valence-corrected chi connectivity index (χ2v) is 4.12. The Morgan fingerprint density at radius 1 is 1.31 bits per heavy atom. The Bertz CT molecular complexity index is 378. The van der Waals surface area contributed by atoms with Crippen molar-refractivity contribution in [2.45, 2.75) is 25.8 Å². The average Bonchev–Trinajstić information content (AvgIpc) is 2.77. The summed E-state index contributed by atoms with van der Waals surface area (Å²) in [4.78, 5) is 24.5. The Morgan fingerprint density at radius 2 is 2.06 bits per heavy atom. The molecule has 1 aliphatic heterocycles. The molecule has 1 aromatic rings. The summed E-state index contributed by atoms with van der Waals surface area (Å²) in [5.41, 5.74) is 0.561. The second-order valence-electron chi connectivity index (χ2n) is 4.12. The predicted octanol–water partition coefficient (Wildman–Crippen LogP) is 1.31. The van der Waals surface area contributed by atoms with Gasteiger partial charge in [-0.2, -0.15) is 0 Å². The fourth-order valence-electron chi connectivity index (χ4n) is 2.07. The number of piperidine rings is 1. The molecule has 0 radical (unpaired) electrons. The topological polar surface area (TPSA) is 42.3 Å². The molecule has 2 rings (SSSR count). The van der Waals surface area contributed by atoms with Gasteiger partial charge in [0.15, 0.2) is 6.29 Å². The maximum atomic E-state index is 11.9. The quantitative estimate of drug-likeness (QED) is 0.721. The van der Waals surface area contributed by atoms with Gasteiger partial charge in [-0.1, -0.05) is 0 Å². The first-order valence-electron chi connectivity index (χ1n) is 5.69. The number of rotatable bonds is 3. The number of amides is 1. The molecular formula is C12H16N2O2. The van der Waals surface area contributed by atoms with Crippen molar-refractivity contribution in [1.82, 2.24) is 9.47 Å². The third kappa shape index (κ3) is 2.32. The molecule has 0 N–H and O–H groups in total. The van der Waals surface area contributed by atoms with Gasteiger partial charge in [-0.05, 0) is 31.4 Å². The van der Waals surface area contributed by atoms with Crippen LogP contribution in [-0.4, -0.2) is 34.7 Å². The molecule has 1 aromatic heterocycles. The monoisotopic (exact) mass is 220 g/mol. The number of hydrogen-bond donors (Lipinski definition) is 0. The number of nitrogens with zero attached hydrogens (tertiary/aromatic N) is 2. The normalized spacial score (nSPS) is 16.1. The molecule has 0 aliphatic carbocycles. The maximum Gasteiger partial charge on any atom is 0.242 e. The first-order valence-corrected chi connectivity index (χ1v) is 5.69. The molecule has 0 unspecified atom stereocenters. The van der Waals surface area contributed by atoms with E-state index in [4.69, 9.17) is 0 Å². The second kappa shape index (κ2) is 4.96. The number of aldehydes is 1. The Labute approximate surface area is 94.8 Å². The molecule has 0 bridgehead atoms. The molecule has 1 fully saturated rings. The molecular weight excluding hydrogens is 204 g/mol. The van der Waals surface area contributed by atoms with E-state index in [0.717, 1.165) is 32.2 Å². The van der Waals surface area contributed by atoms with Crippen molar-refractivity contribution in [2.24, 2.45) is 0 Å². The van der Waals surface area contributed by atoms with E-state index >= 15 is 0 Å². The highest BCUT2D eigenvalue weighted by Gasteiger charge is 2.17. The van der Waals surface area contributed by atoms with Gasteiger partial charge in [-0.25, -0.2) is 0 Å². The highest BCUT2D eigenvalue weighted by Crippen LogP contribution is 2.10. The molecule has 4 heteroatoms. The molecule has 86 valence electrons. The predicted molar refractivity (Wildman–Crippen MR) is 60.3 cm³/mol. The molecule has 0 saturated carbocycles. The van der Waals surface area contributed by atoms with Gasteiger partial charge in [0.25, 0.3) is 0 Å². The third-order valence-electron chi connectivity index (χ3n) is 3.00. The van der Waals surface area contributed by atoms with Gasteiger partial charge in [-0.3, -0.25) is 9.59 Å². The van der Waals surface area contributed by atoms with Gasteiger partial charge >= 0.3 is 0 Å². The first kappa shape index (κ1) is 10.9. The zero-order valence-corrected chi connectivity index (χ0v) is 9.26. The smallest absolute Gasteiger partial charge is 0.242 e. The van der Waals surface area contributed by atoms with E-state index in [1.54, 1.807) is 22.9 Å². The highest BCUT2D eigenvalue weighted by atomic mass is 16.2. The lowest BCUT2D eigenvalue weighted by Crippen LogP contribution is -2.37. The molecule has 1 amide bonds. The van der Waals surface area contributed by atoms with Crippen LogP contribution in [-0.2, 0) is 11.3 Å². The number of carbonyl (C=O) groups is 2. The van der Waals surface area contributed by atoms with Crippen molar-refractivity contribution < 1.29 is 9.59 Å². The molecule has 4 nitrogen and oxygen atoms in total. The lowest BCUT2D eigenvalue weighted by atomic mass is 10.1. The van der Waals surface area contributed by atoms with Gasteiger partial charge in [0, 0.05) is 19.3 Å². The zero-order valence-electron chi connectivity index (χ0n) is 9.26. The Morgan fingerprint density at radius 3 is 2.75 bits per heavy atom. The first-order chi connectivity index (χ1) is 7.81. The summed E-state index contributed by atoms with van der Waals surface area (Å²) in [5, 5.41) is 0. The molecule has 0 spiro atoms. The lowest BCUT2D eigenvalue weighted by molar-refractivity contribution is -0.132. The Hall–Kier alpha value is -1.58. The Balaban J connectivity index is 1.98.